The predicted molar refractivity (Wildman–Crippen MR) is 123 cm³/mol. The molecule has 0 aliphatic rings. The number of anilines is 2. The Morgan fingerprint density at radius 2 is 1.66 bits per heavy atom. The maximum Gasteiger partial charge on any atom is 0.338 e. The van der Waals surface area contributed by atoms with E-state index in [1.807, 2.05) is 0 Å². The number of carbonyl (C=O) groups is 3. The van der Waals surface area contributed by atoms with Crippen LogP contribution in [-0.4, -0.2) is 37.6 Å². The van der Waals surface area contributed by atoms with Gasteiger partial charge in [0.1, 0.15) is 23.1 Å². The zero-order valence-electron chi connectivity index (χ0n) is 18.8. The Kier molecular flexibility index (Phi) is 8.33. The molecule has 35 heavy (non-hydrogen) atoms. The summed E-state index contributed by atoms with van der Waals surface area (Å²) in [4.78, 5) is 36.6. The summed E-state index contributed by atoms with van der Waals surface area (Å²) in [6.45, 7) is 1.03. The van der Waals surface area contributed by atoms with E-state index in [-0.39, 0.29) is 17.9 Å². The molecular formula is C25H22F2N2O6. The van der Waals surface area contributed by atoms with Crippen molar-refractivity contribution in [3.8, 4) is 11.5 Å². The molecule has 182 valence electrons. The van der Waals surface area contributed by atoms with Gasteiger partial charge in [0.05, 0.1) is 18.4 Å². The zero-order chi connectivity index (χ0) is 25.4. The van der Waals surface area contributed by atoms with Gasteiger partial charge in [-0.3, -0.25) is 9.59 Å². The van der Waals surface area contributed by atoms with E-state index in [9.17, 15) is 23.2 Å². The lowest BCUT2D eigenvalue weighted by molar-refractivity contribution is -0.123. The van der Waals surface area contributed by atoms with Crippen LogP contribution in [0.3, 0.4) is 0 Å². The molecule has 0 aliphatic heterocycles. The second-order valence-corrected chi connectivity index (χ2v) is 7.25. The van der Waals surface area contributed by atoms with Crippen LogP contribution in [0.5, 0.6) is 11.5 Å². The highest BCUT2D eigenvalue weighted by molar-refractivity contribution is 5.97. The number of esters is 1. The number of rotatable bonds is 9. The van der Waals surface area contributed by atoms with Crippen molar-refractivity contribution < 1.29 is 37.4 Å². The molecule has 2 N–H and O–H groups in total. The summed E-state index contributed by atoms with van der Waals surface area (Å²) in [6, 6.07) is 15.2. The Labute approximate surface area is 199 Å². The van der Waals surface area contributed by atoms with Crippen LogP contribution < -0.4 is 20.1 Å². The van der Waals surface area contributed by atoms with E-state index in [2.05, 4.69) is 10.6 Å². The highest BCUT2D eigenvalue weighted by Crippen LogP contribution is 2.18. The van der Waals surface area contributed by atoms with Gasteiger partial charge in [-0.05, 0) is 55.5 Å². The van der Waals surface area contributed by atoms with Crippen LogP contribution in [0.25, 0.3) is 0 Å². The van der Waals surface area contributed by atoms with Crippen molar-refractivity contribution in [3.05, 3.63) is 83.9 Å². The van der Waals surface area contributed by atoms with Crippen molar-refractivity contribution in [2.75, 3.05) is 24.4 Å². The maximum absolute atomic E-state index is 13.7. The summed E-state index contributed by atoms with van der Waals surface area (Å²) < 4.78 is 42.5. The first-order valence-electron chi connectivity index (χ1n) is 10.4. The van der Waals surface area contributed by atoms with Gasteiger partial charge in [-0.2, -0.15) is 0 Å². The number of amides is 2. The first kappa shape index (κ1) is 25.2. The molecule has 0 bridgehead atoms. The van der Waals surface area contributed by atoms with Gasteiger partial charge in [0, 0.05) is 17.8 Å². The van der Waals surface area contributed by atoms with Crippen LogP contribution >= 0.6 is 0 Å². The van der Waals surface area contributed by atoms with Gasteiger partial charge >= 0.3 is 5.97 Å². The smallest absolute Gasteiger partial charge is 0.338 e. The van der Waals surface area contributed by atoms with Crippen molar-refractivity contribution in [1.29, 1.82) is 0 Å². The molecule has 0 saturated heterocycles. The number of methoxy groups -OCH3 is 1. The van der Waals surface area contributed by atoms with E-state index in [4.69, 9.17) is 14.2 Å². The Morgan fingerprint density at radius 1 is 0.914 bits per heavy atom. The Bertz CT molecular complexity index is 1220. The number of hydrogen-bond acceptors (Lipinski definition) is 6. The molecule has 3 aromatic carbocycles. The Morgan fingerprint density at radius 3 is 2.37 bits per heavy atom. The fraction of sp³-hybridized carbons (Fsp3) is 0.160. The van der Waals surface area contributed by atoms with Crippen molar-refractivity contribution in [3.63, 3.8) is 0 Å². The molecule has 3 rings (SSSR count). The van der Waals surface area contributed by atoms with E-state index in [0.29, 0.717) is 17.2 Å². The Hall–Kier alpha value is -4.47. The third-order valence-corrected chi connectivity index (χ3v) is 4.65. The molecule has 10 heteroatoms. The molecule has 0 aromatic heterocycles. The molecule has 0 heterocycles. The molecular weight excluding hydrogens is 462 g/mol. The molecule has 0 saturated carbocycles. The number of hydrogen-bond donors (Lipinski definition) is 2. The van der Waals surface area contributed by atoms with Crippen molar-refractivity contribution in [2.24, 2.45) is 0 Å². The number of carbonyl (C=O) groups excluding carboxylic acids is 3. The molecule has 0 radical (unpaired) electrons. The van der Waals surface area contributed by atoms with Gasteiger partial charge < -0.3 is 24.8 Å². The second kappa shape index (κ2) is 11.6. The monoisotopic (exact) mass is 484 g/mol. The predicted octanol–water partition coefficient (Wildman–Crippen LogP) is 4.17. The maximum atomic E-state index is 13.7. The number of nitrogens with one attached hydrogen (secondary N) is 2. The lowest BCUT2D eigenvalue weighted by atomic mass is 10.2. The van der Waals surface area contributed by atoms with Crippen LogP contribution in [0.4, 0.5) is 20.2 Å². The van der Waals surface area contributed by atoms with E-state index in [0.717, 1.165) is 18.2 Å². The minimum Gasteiger partial charge on any atom is -0.497 e. The van der Waals surface area contributed by atoms with Gasteiger partial charge in [-0.15, -0.1) is 0 Å². The van der Waals surface area contributed by atoms with E-state index >= 15 is 0 Å². The minimum atomic E-state index is -1.28. The van der Waals surface area contributed by atoms with Gasteiger partial charge in [0.15, 0.2) is 12.7 Å². The van der Waals surface area contributed by atoms with Gasteiger partial charge in [0.25, 0.3) is 11.8 Å². The normalized spacial score (nSPS) is 11.2. The van der Waals surface area contributed by atoms with Crippen LogP contribution in [0, 0.1) is 11.6 Å². The molecule has 1 atom stereocenters. The topological polar surface area (TPSA) is 103 Å². The summed E-state index contributed by atoms with van der Waals surface area (Å²) in [7, 11) is 1.52. The van der Waals surface area contributed by atoms with Gasteiger partial charge in [-0.25, -0.2) is 13.6 Å². The number of halogens is 2. The van der Waals surface area contributed by atoms with Crippen molar-refractivity contribution >= 4 is 29.2 Å². The molecule has 2 amide bonds. The van der Waals surface area contributed by atoms with Gasteiger partial charge in [0.2, 0.25) is 0 Å². The summed E-state index contributed by atoms with van der Waals surface area (Å²) >= 11 is 0. The quantitative estimate of drug-likeness (QED) is 0.442. The van der Waals surface area contributed by atoms with Crippen LogP contribution in [0.1, 0.15) is 17.3 Å². The molecule has 0 fully saturated rings. The summed E-state index contributed by atoms with van der Waals surface area (Å²) in [5, 5.41) is 4.84. The fourth-order valence-electron chi connectivity index (χ4n) is 2.84. The molecule has 0 spiro atoms. The molecule has 1 unspecified atom stereocenters. The lowest BCUT2D eigenvalue weighted by Gasteiger charge is -2.14. The highest BCUT2D eigenvalue weighted by atomic mass is 19.1. The first-order valence-corrected chi connectivity index (χ1v) is 10.4. The van der Waals surface area contributed by atoms with E-state index in [1.165, 1.54) is 38.3 Å². The third-order valence-electron chi connectivity index (χ3n) is 4.65. The van der Waals surface area contributed by atoms with E-state index < -0.39 is 35.5 Å². The zero-order valence-corrected chi connectivity index (χ0v) is 18.8. The standard InChI is InChI=1S/C25H22F2N2O6/c1-15(24(31)29-22-12-17(26)8-11-21(22)27)35-25(32)16-6-9-19(10-7-16)34-14-23(30)28-18-4-3-5-20(13-18)33-2/h3-13,15H,14H2,1-2H3,(H,28,30)(H,29,31). The SMILES string of the molecule is COc1cccc(NC(=O)COc2ccc(C(=O)OC(C)C(=O)Nc3cc(F)ccc3F)cc2)c1. The number of ether oxygens (including phenoxy) is 3. The number of benzene rings is 3. The summed E-state index contributed by atoms with van der Waals surface area (Å²) in [6.07, 6.45) is -1.28. The van der Waals surface area contributed by atoms with Crippen LogP contribution in [0.2, 0.25) is 0 Å². The van der Waals surface area contributed by atoms with Crippen molar-refractivity contribution in [2.45, 2.75) is 13.0 Å². The average molecular weight is 484 g/mol. The molecule has 0 aliphatic carbocycles. The second-order valence-electron chi connectivity index (χ2n) is 7.25. The fourth-order valence-corrected chi connectivity index (χ4v) is 2.84. The minimum absolute atomic E-state index is 0.120. The first-order chi connectivity index (χ1) is 16.7. The van der Waals surface area contributed by atoms with E-state index in [1.54, 1.807) is 24.3 Å². The average Bonchev–Trinajstić information content (AvgIpc) is 2.85. The van der Waals surface area contributed by atoms with Crippen molar-refractivity contribution in [1.82, 2.24) is 0 Å². The lowest BCUT2D eigenvalue weighted by Crippen LogP contribution is -2.30. The largest absolute Gasteiger partial charge is 0.497 e. The highest BCUT2D eigenvalue weighted by Gasteiger charge is 2.20. The third kappa shape index (κ3) is 7.26. The van der Waals surface area contributed by atoms with Crippen LogP contribution in [0.15, 0.2) is 66.7 Å². The molecule has 3 aromatic rings. The van der Waals surface area contributed by atoms with Gasteiger partial charge in [-0.1, -0.05) is 6.07 Å². The van der Waals surface area contributed by atoms with Crippen LogP contribution in [-0.2, 0) is 14.3 Å². The summed E-state index contributed by atoms with van der Waals surface area (Å²) in [5.41, 5.74) is 0.305. The molecule has 8 nitrogen and oxygen atoms in total. The Balaban J connectivity index is 1.49. The summed E-state index contributed by atoms with van der Waals surface area (Å²) in [5.74, 6) is -2.66.